The summed E-state index contributed by atoms with van der Waals surface area (Å²) in [5.41, 5.74) is 1.52. The molecule has 0 radical (unpaired) electrons. The zero-order chi connectivity index (χ0) is 26.1. The van der Waals surface area contributed by atoms with E-state index in [1.807, 2.05) is 44.2 Å². The molecule has 0 spiro atoms. The van der Waals surface area contributed by atoms with Crippen molar-refractivity contribution in [3.8, 4) is 11.5 Å². The van der Waals surface area contributed by atoms with Crippen LogP contribution in [0.2, 0.25) is 0 Å². The molecule has 2 amide bonds. The third-order valence-corrected chi connectivity index (χ3v) is 7.21. The van der Waals surface area contributed by atoms with E-state index >= 15 is 0 Å². The summed E-state index contributed by atoms with van der Waals surface area (Å²) in [4.78, 5) is 27.7. The molecule has 1 atom stereocenters. The number of carbonyl (C=O) groups is 2. The maximum absolute atomic E-state index is 13.3. The number of anilines is 1. The van der Waals surface area contributed by atoms with Crippen LogP contribution in [0.25, 0.3) is 0 Å². The third kappa shape index (κ3) is 7.13. The Hall–Kier alpha value is -3.27. The van der Waals surface area contributed by atoms with Crippen LogP contribution in [0, 0.1) is 0 Å². The molecule has 1 aliphatic heterocycles. The molecule has 0 unspecified atom stereocenters. The zero-order valence-corrected chi connectivity index (χ0v) is 21.9. The molecular weight excluding hydrogens is 482 g/mol. The smallest absolute Gasteiger partial charge is 0.242 e. The van der Waals surface area contributed by atoms with Gasteiger partial charge in [0.05, 0.1) is 11.9 Å². The van der Waals surface area contributed by atoms with Gasteiger partial charge in [-0.3, -0.25) is 13.9 Å². The summed E-state index contributed by atoms with van der Waals surface area (Å²) < 4.78 is 37.0. The first-order valence-electron chi connectivity index (χ1n) is 12.2. The number of nitrogens with zero attached hydrogens (tertiary/aromatic N) is 2. The number of fused-ring (bicyclic) bond motifs is 1. The molecule has 2 aromatic rings. The fourth-order valence-corrected chi connectivity index (χ4v) is 5.19. The number of rotatable bonds is 13. The fraction of sp³-hybridized carbons (Fsp3) is 0.462. The van der Waals surface area contributed by atoms with Gasteiger partial charge in [0.25, 0.3) is 0 Å². The van der Waals surface area contributed by atoms with Crippen LogP contribution in [0.1, 0.15) is 38.7 Å². The Bertz CT molecular complexity index is 1140. The van der Waals surface area contributed by atoms with Crippen LogP contribution < -0.4 is 19.1 Å². The van der Waals surface area contributed by atoms with Crippen LogP contribution >= 0.6 is 0 Å². The average Bonchev–Trinajstić information content (AvgIpc) is 3.32. The molecule has 36 heavy (non-hydrogen) atoms. The van der Waals surface area contributed by atoms with E-state index in [4.69, 9.17) is 9.47 Å². The molecule has 10 heteroatoms. The summed E-state index contributed by atoms with van der Waals surface area (Å²) in [7, 11) is -3.59. The monoisotopic (exact) mass is 517 g/mol. The lowest BCUT2D eigenvalue weighted by molar-refractivity contribution is -0.140. The van der Waals surface area contributed by atoms with Crippen LogP contribution in [0.3, 0.4) is 0 Å². The van der Waals surface area contributed by atoms with Crippen molar-refractivity contribution in [2.45, 2.75) is 45.6 Å². The van der Waals surface area contributed by atoms with Gasteiger partial charge in [-0.25, -0.2) is 8.42 Å². The lowest BCUT2D eigenvalue weighted by atomic mass is 10.1. The van der Waals surface area contributed by atoms with E-state index in [0.29, 0.717) is 49.5 Å². The lowest BCUT2D eigenvalue weighted by Gasteiger charge is -2.31. The van der Waals surface area contributed by atoms with Gasteiger partial charge in [0.1, 0.15) is 6.04 Å². The van der Waals surface area contributed by atoms with Crippen molar-refractivity contribution in [1.82, 2.24) is 10.2 Å². The van der Waals surface area contributed by atoms with Gasteiger partial charge in [-0.15, -0.1) is 0 Å². The Morgan fingerprint density at radius 1 is 1.03 bits per heavy atom. The van der Waals surface area contributed by atoms with Crippen molar-refractivity contribution in [2.24, 2.45) is 0 Å². The number of hydrogen-bond acceptors (Lipinski definition) is 6. The largest absolute Gasteiger partial charge is 0.454 e. The van der Waals surface area contributed by atoms with Gasteiger partial charge >= 0.3 is 0 Å². The van der Waals surface area contributed by atoms with Crippen LogP contribution in [-0.4, -0.2) is 63.9 Å². The molecule has 2 aromatic carbocycles. The molecule has 1 heterocycles. The number of carbonyl (C=O) groups excluding carboxylic acids is 2. The van der Waals surface area contributed by atoms with Gasteiger partial charge in [0.15, 0.2) is 11.5 Å². The van der Waals surface area contributed by atoms with Gasteiger partial charge in [-0.05, 0) is 43.9 Å². The number of benzene rings is 2. The lowest BCUT2D eigenvalue weighted by Crippen LogP contribution is -2.50. The maximum atomic E-state index is 13.3. The molecule has 1 N–H and O–H groups in total. The highest BCUT2D eigenvalue weighted by molar-refractivity contribution is 7.92. The summed E-state index contributed by atoms with van der Waals surface area (Å²) in [5, 5.41) is 2.82. The van der Waals surface area contributed by atoms with Crippen molar-refractivity contribution in [2.75, 3.05) is 37.0 Å². The number of nitrogens with one attached hydrogen (secondary N) is 1. The van der Waals surface area contributed by atoms with E-state index in [1.54, 1.807) is 23.1 Å². The first-order chi connectivity index (χ1) is 17.2. The van der Waals surface area contributed by atoms with Crippen molar-refractivity contribution in [3.05, 3.63) is 54.1 Å². The molecule has 0 fully saturated rings. The molecule has 0 aromatic heterocycles. The Morgan fingerprint density at radius 3 is 2.42 bits per heavy atom. The van der Waals surface area contributed by atoms with Crippen LogP contribution in [0.4, 0.5) is 5.69 Å². The second-order valence-corrected chi connectivity index (χ2v) is 10.5. The van der Waals surface area contributed by atoms with E-state index in [9.17, 15) is 18.0 Å². The Balaban J connectivity index is 1.70. The number of hydrogen-bond donors (Lipinski definition) is 1. The van der Waals surface area contributed by atoms with Crippen molar-refractivity contribution in [3.63, 3.8) is 0 Å². The maximum Gasteiger partial charge on any atom is 0.242 e. The zero-order valence-electron chi connectivity index (χ0n) is 21.1. The molecule has 196 valence electrons. The van der Waals surface area contributed by atoms with Gasteiger partial charge in [0, 0.05) is 32.1 Å². The summed E-state index contributed by atoms with van der Waals surface area (Å²) in [6.45, 7) is 4.82. The molecule has 9 nitrogen and oxygen atoms in total. The minimum absolute atomic E-state index is 0.0924. The molecular formula is C26H35N3O6S. The van der Waals surface area contributed by atoms with E-state index in [2.05, 4.69) is 5.32 Å². The second-order valence-electron chi connectivity index (χ2n) is 8.62. The summed E-state index contributed by atoms with van der Waals surface area (Å²) in [6, 6.07) is 14.2. The normalized spacial score (nSPS) is 13.2. The number of likely N-dealkylation sites (N-methyl/N-ethyl adjacent to an activating group) is 1. The van der Waals surface area contributed by atoms with E-state index in [-0.39, 0.29) is 31.6 Å². The first kappa shape index (κ1) is 27.3. The van der Waals surface area contributed by atoms with Crippen LogP contribution in [-0.2, 0) is 26.0 Å². The fourth-order valence-electron chi connectivity index (χ4n) is 4.23. The average molecular weight is 518 g/mol. The highest BCUT2D eigenvalue weighted by Gasteiger charge is 2.28. The van der Waals surface area contributed by atoms with Gasteiger partial charge in [-0.1, -0.05) is 37.3 Å². The van der Waals surface area contributed by atoms with E-state index < -0.39 is 16.1 Å². The third-order valence-electron chi connectivity index (χ3n) is 6.02. The summed E-state index contributed by atoms with van der Waals surface area (Å²) in [6.07, 6.45) is 2.65. The SMILES string of the molecule is CCNC(=O)[C@H](CC)N(CCc1ccccc1)C(=O)CCCN(c1ccc2c(c1)OCO2)S(C)(=O)=O. The summed E-state index contributed by atoms with van der Waals surface area (Å²) in [5.74, 6) is 0.687. The summed E-state index contributed by atoms with van der Waals surface area (Å²) >= 11 is 0. The van der Waals surface area contributed by atoms with Crippen LogP contribution in [0.5, 0.6) is 11.5 Å². The first-order valence-corrected chi connectivity index (χ1v) is 14.1. The molecule has 0 bridgehead atoms. The van der Waals surface area contributed by atoms with Crippen molar-refractivity contribution >= 4 is 27.5 Å². The van der Waals surface area contributed by atoms with Gasteiger partial charge < -0.3 is 19.7 Å². The molecule has 3 rings (SSSR count). The van der Waals surface area contributed by atoms with Gasteiger partial charge in [0.2, 0.25) is 28.6 Å². The van der Waals surface area contributed by atoms with E-state index in [1.165, 1.54) is 4.31 Å². The predicted octanol–water partition coefficient (Wildman–Crippen LogP) is 2.95. The van der Waals surface area contributed by atoms with Crippen molar-refractivity contribution < 1.29 is 27.5 Å². The Kier molecular flexibility index (Phi) is 9.58. The minimum Gasteiger partial charge on any atom is -0.454 e. The molecule has 0 saturated carbocycles. The predicted molar refractivity (Wildman–Crippen MR) is 139 cm³/mol. The molecule has 0 aliphatic carbocycles. The highest BCUT2D eigenvalue weighted by Crippen LogP contribution is 2.36. The number of sulfonamides is 1. The molecule has 0 saturated heterocycles. The topological polar surface area (TPSA) is 105 Å². The van der Waals surface area contributed by atoms with Gasteiger partial charge in [-0.2, -0.15) is 0 Å². The second kappa shape index (κ2) is 12.6. The molecule has 1 aliphatic rings. The minimum atomic E-state index is -3.59. The Morgan fingerprint density at radius 2 is 1.75 bits per heavy atom. The highest BCUT2D eigenvalue weighted by atomic mass is 32.2. The standard InChI is InChI=1S/C26H35N3O6S/c1-4-22(26(31)27-5-2)28(17-15-20-10-7-6-8-11-20)25(30)12-9-16-29(36(3,32)33)21-13-14-23-24(18-21)35-19-34-23/h6-8,10-11,13-14,18,22H,4-5,9,12,15-17,19H2,1-3H3,(H,27,31)/t22-/m0/s1. The quantitative estimate of drug-likeness (QED) is 0.438. The Labute approximate surface area is 213 Å². The number of ether oxygens (including phenoxy) is 2. The van der Waals surface area contributed by atoms with Crippen LogP contribution in [0.15, 0.2) is 48.5 Å². The number of amides is 2. The van der Waals surface area contributed by atoms with E-state index in [0.717, 1.165) is 11.8 Å². The van der Waals surface area contributed by atoms with Crippen molar-refractivity contribution in [1.29, 1.82) is 0 Å².